The predicted octanol–water partition coefficient (Wildman–Crippen LogP) is 0.723. The van der Waals surface area contributed by atoms with E-state index in [4.69, 9.17) is 0 Å². The molecule has 1 aliphatic rings. The van der Waals surface area contributed by atoms with Crippen molar-refractivity contribution in [2.24, 2.45) is 0 Å². The number of amides is 1. The first-order valence-corrected chi connectivity index (χ1v) is 7.39. The molecule has 2 heterocycles. The highest BCUT2D eigenvalue weighted by atomic mass is 35.5. The molecule has 6 nitrogen and oxygen atoms in total. The van der Waals surface area contributed by atoms with Gasteiger partial charge in [0.2, 0.25) is 5.91 Å². The van der Waals surface area contributed by atoms with E-state index in [9.17, 15) is 9.59 Å². The van der Waals surface area contributed by atoms with Crippen LogP contribution in [0, 0.1) is 0 Å². The molecule has 1 aromatic heterocycles. The molecule has 0 saturated carbocycles. The second-order valence-electron chi connectivity index (χ2n) is 5.36. The Morgan fingerprint density at radius 2 is 2.00 bits per heavy atom. The fourth-order valence-electron chi connectivity index (χ4n) is 2.93. The predicted molar refractivity (Wildman–Crippen MR) is 88.5 cm³/mol. The second-order valence-corrected chi connectivity index (χ2v) is 5.36. The zero-order valence-corrected chi connectivity index (χ0v) is 13.4. The van der Waals surface area contributed by atoms with Crippen molar-refractivity contribution in [1.82, 2.24) is 19.8 Å². The van der Waals surface area contributed by atoms with Gasteiger partial charge >= 0.3 is 5.69 Å². The van der Waals surface area contributed by atoms with Crippen molar-refractivity contribution in [3.8, 4) is 0 Å². The minimum atomic E-state index is -0.126. The summed E-state index contributed by atoms with van der Waals surface area (Å²) in [6.07, 6.45) is 0.942. The zero-order valence-electron chi connectivity index (χ0n) is 12.5. The Balaban J connectivity index is 0.00000176. The molecule has 1 aromatic carbocycles. The van der Waals surface area contributed by atoms with E-state index in [0.29, 0.717) is 6.54 Å². The van der Waals surface area contributed by atoms with Gasteiger partial charge in [-0.2, -0.15) is 0 Å². The summed E-state index contributed by atoms with van der Waals surface area (Å²) >= 11 is 0. The molecule has 2 aromatic rings. The van der Waals surface area contributed by atoms with E-state index < -0.39 is 0 Å². The number of nitrogens with zero attached hydrogens (tertiary/aromatic N) is 2. The summed E-state index contributed by atoms with van der Waals surface area (Å²) in [6.45, 7) is 4.34. The Morgan fingerprint density at radius 3 is 2.59 bits per heavy atom. The van der Waals surface area contributed by atoms with E-state index in [1.807, 2.05) is 31.2 Å². The molecule has 1 atom stereocenters. The van der Waals surface area contributed by atoms with Gasteiger partial charge in [-0.15, -0.1) is 12.4 Å². The lowest BCUT2D eigenvalue weighted by molar-refractivity contribution is -0.122. The minimum Gasteiger partial charge on any atom is -0.350 e. The highest BCUT2D eigenvalue weighted by molar-refractivity contribution is 5.85. The van der Waals surface area contributed by atoms with Crippen LogP contribution >= 0.6 is 12.4 Å². The first-order chi connectivity index (χ1) is 10.2. The van der Waals surface area contributed by atoms with Gasteiger partial charge in [0.25, 0.3) is 0 Å². The van der Waals surface area contributed by atoms with Crippen LogP contribution in [0.15, 0.2) is 29.1 Å². The lowest BCUT2D eigenvalue weighted by atomic mass is 10.2. The molecule has 2 N–H and O–H groups in total. The van der Waals surface area contributed by atoms with Gasteiger partial charge in [-0.25, -0.2) is 4.79 Å². The monoisotopic (exact) mass is 324 g/mol. The van der Waals surface area contributed by atoms with Crippen molar-refractivity contribution in [1.29, 1.82) is 0 Å². The largest absolute Gasteiger partial charge is 0.350 e. The molecule has 0 spiro atoms. The maximum Gasteiger partial charge on any atom is 0.329 e. The molecule has 0 radical (unpaired) electrons. The molecule has 1 fully saturated rings. The minimum absolute atomic E-state index is 0. The summed E-state index contributed by atoms with van der Waals surface area (Å²) in [5, 5.41) is 6.18. The van der Waals surface area contributed by atoms with Crippen LogP contribution in [-0.2, 0) is 17.9 Å². The SMILES string of the molecule is CCn1c(=O)n(CC(=O)NC2CCNC2)c2ccccc21.Cl. The lowest BCUT2D eigenvalue weighted by Crippen LogP contribution is -2.40. The number of hydrogen-bond acceptors (Lipinski definition) is 3. The molecule has 3 rings (SSSR count). The number of hydrogen-bond donors (Lipinski definition) is 2. The molecular weight excluding hydrogens is 304 g/mol. The van der Waals surface area contributed by atoms with Gasteiger partial charge in [-0.3, -0.25) is 13.9 Å². The molecule has 1 aliphatic heterocycles. The van der Waals surface area contributed by atoms with E-state index >= 15 is 0 Å². The highest BCUT2D eigenvalue weighted by Gasteiger charge is 2.19. The Labute approximate surface area is 134 Å². The van der Waals surface area contributed by atoms with Crippen LogP contribution in [0.25, 0.3) is 11.0 Å². The number of imidazole rings is 1. The number of halogens is 1. The summed E-state index contributed by atoms with van der Waals surface area (Å²) in [6, 6.07) is 7.76. The molecule has 7 heteroatoms. The van der Waals surface area contributed by atoms with Crippen LogP contribution in [0.5, 0.6) is 0 Å². The molecular formula is C15H21ClN4O2. The highest BCUT2D eigenvalue weighted by Crippen LogP contribution is 2.12. The van der Waals surface area contributed by atoms with Crippen molar-refractivity contribution >= 4 is 29.3 Å². The van der Waals surface area contributed by atoms with Crippen LogP contribution in [-0.4, -0.2) is 34.2 Å². The van der Waals surface area contributed by atoms with Crippen LogP contribution in [0.3, 0.4) is 0 Å². The van der Waals surface area contributed by atoms with Crippen molar-refractivity contribution in [2.45, 2.75) is 32.5 Å². The molecule has 22 heavy (non-hydrogen) atoms. The average molecular weight is 325 g/mol. The van der Waals surface area contributed by atoms with Gasteiger partial charge in [0.15, 0.2) is 0 Å². The van der Waals surface area contributed by atoms with Gasteiger partial charge in [-0.05, 0) is 32.0 Å². The van der Waals surface area contributed by atoms with Crippen molar-refractivity contribution in [2.75, 3.05) is 13.1 Å². The van der Waals surface area contributed by atoms with E-state index in [1.165, 1.54) is 0 Å². The third-order valence-electron chi connectivity index (χ3n) is 3.97. The summed E-state index contributed by atoms with van der Waals surface area (Å²) < 4.78 is 3.25. The summed E-state index contributed by atoms with van der Waals surface area (Å²) in [5.41, 5.74) is 1.56. The number of benzene rings is 1. The van der Waals surface area contributed by atoms with Crippen molar-refractivity contribution in [3.63, 3.8) is 0 Å². The summed E-state index contributed by atoms with van der Waals surface area (Å²) in [5.74, 6) is -0.107. The third kappa shape index (κ3) is 3.03. The fourth-order valence-corrected chi connectivity index (χ4v) is 2.93. The molecule has 1 amide bonds. The molecule has 120 valence electrons. The number of rotatable bonds is 4. The summed E-state index contributed by atoms with van der Waals surface area (Å²) in [4.78, 5) is 24.6. The molecule has 0 bridgehead atoms. The number of carbonyl (C=O) groups is 1. The maximum atomic E-state index is 12.4. The Morgan fingerprint density at radius 1 is 1.32 bits per heavy atom. The number of para-hydroxylation sites is 2. The summed E-state index contributed by atoms with van der Waals surface area (Å²) in [7, 11) is 0. The number of aromatic nitrogens is 2. The van der Waals surface area contributed by atoms with Crippen LogP contribution in [0.2, 0.25) is 0 Å². The van der Waals surface area contributed by atoms with Crippen LogP contribution in [0.4, 0.5) is 0 Å². The maximum absolute atomic E-state index is 12.4. The first kappa shape index (κ1) is 16.6. The van der Waals surface area contributed by atoms with Crippen LogP contribution in [0.1, 0.15) is 13.3 Å². The number of nitrogens with one attached hydrogen (secondary N) is 2. The molecule has 1 saturated heterocycles. The van der Waals surface area contributed by atoms with Gasteiger partial charge in [0, 0.05) is 19.1 Å². The van der Waals surface area contributed by atoms with Gasteiger partial charge in [0.1, 0.15) is 6.54 Å². The smallest absolute Gasteiger partial charge is 0.329 e. The first-order valence-electron chi connectivity index (χ1n) is 7.39. The molecule has 0 aliphatic carbocycles. The van der Waals surface area contributed by atoms with E-state index in [2.05, 4.69) is 10.6 Å². The standard InChI is InChI=1S/C15H20N4O2.ClH/c1-2-18-12-5-3-4-6-13(12)19(15(18)21)10-14(20)17-11-7-8-16-9-11;/h3-6,11,16H,2,7-10H2,1H3,(H,17,20);1H. The normalized spacial score (nSPS) is 17.4. The quantitative estimate of drug-likeness (QED) is 0.871. The number of fused-ring (bicyclic) bond motifs is 1. The topological polar surface area (TPSA) is 68.1 Å². The number of carbonyl (C=O) groups excluding carboxylic acids is 1. The van der Waals surface area contributed by atoms with Gasteiger partial charge < -0.3 is 10.6 Å². The zero-order chi connectivity index (χ0) is 14.8. The molecule has 1 unspecified atom stereocenters. The lowest BCUT2D eigenvalue weighted by Gasteiger charge is -2.11. The van der Waals surface area contributed by atoms with E-state index in [0.717, 1.165) is 30.5 Å². The Kier molecular flexibility index (Phi) is 5.26. The van der Waals surface area contributed by atoms with Gasteiger partial charge in [0.05, 0.1) is 11.0 Å². The second kappa shape index (κ2) is 6.98. The van der Waals surface area contributed by atoms with Crippen molar-refractivity contribution in [3.05, 3.63) is 34.7 Å². The average Bonchev–Trinajstić information content (AvgIpc) is 3.07. The van der Waals surface area contributed by atoms with Gasteiger partial charge in [-0.1, -0.05) is 12.1 Å². The van der Waals surface area contributed by atoms with E-state index in [1.54, 1.807) is 9.13 Å². The fraction of sp³-hybridized carbons (Fsp3) is 0.467. The van der Waals surface area contributed by atoms with Crippen molar-refractivity contribution < 1.29 is 4.79 Å². The third-order valence-corrected chi connectivity index (χ3v) is 3.97. The Hall–Kier alpha value is -1.79. The number of aryl methyl sites for hydroxylation is 1. The van der Waals surface area contributed by atoms with E-state index in [-0.39, 0.29) is 36.6 Å². The van der Waals surface area contributed by atoms with Crippen LogP contribution < -0.4 is 16.3 Å². The Bertz CT molecular complexity index is 716.